The predicted molar refractivity (Wildman–Crippen MR) is 68.2 cm³/mol. The molecule has 100 valence electrons. The molecule has 1 amide bonds. The summed E-state index contributed by atoms with van der Waals surface area (Å²) in [5, 5.41) is 2.95. The van der Waals surface area contributed by atoms with E-state index in [1.807, 2.05) is 0 Å². The summed E-state index contributed by atoms with van der Waals surface area (Å²) in [5.74, 6) is 6.35. The van der Waals surface area contributed by atoms with E-state index in [1.54, 1.807) is 21.0 Å². The lowest BCUT2D eigenvalue weighted by atomic mass is 10.3. The minimum Gasteiger partial charge on any atom is -0.490 e. The first-order valence-electron chi connectivity index (χ1n) is 5.34. The Hall–Kier alpha value is -2.09. The molecule has 4 N–H and O–H groups in total. The molecule has 0 saturated heterocycles. The van der Waals surface area contributed by atoms with Crippen LogP contribution in [0.2, 0.25) is 0 Å². The van der Waals surface area contributed by atoms with Crippen LogP contribution >= 0.6 is 0 Å². The molecule has 0 aliphatic heterocycles. The van der Waals surface area contributed by atoms with Crippen molar-refractivity contribution in [3.05, 3.63) is 6.33 Å². The molecular weight excluding hydrogens is 236 g/mol. The quantitative estimate of drug-likeness (QED) is 0.487. The lowest BCUT2D eigenvalue weighted by molar-refractivity contribution is -0.129. The first-order valence-corrected chi connectivity index (χ1v) is 5.34. The second kappa shape index (κ2) is 6.01. The number of nitrogens with two attached hydrogens (primary N) is 1. The SMILES string of the molecule is COc1c(NN)ncnc1NC(C)C(=O)N(C)C. The molecule has 1 unspecified atom stereocenters. The second-order valence-electron chi connectivity index (χ2n) is 3.85. The Bertz CT molecular complexity index is 423. The number of hydrogen-bond donors (Lipinski definition) is 3. The van der Waals surface area contributed by atoms with Crippen LogP contribution in [-0.2, 0) is 4.79 Å². The van der Waals surface area contributed by atoms with Gasteiger partial charge < -0.3 is 20.4 Å². The van der Waals surface area contributed by atoms with E-state index in [0.29, 0.717) is 17.4 Å². The summed E-state index contributed by atoms with van der Waals surface area (Å²) in [4.78, 5) is 21.2. The van der Waals surface area contributed by atoms with Crippen LogP contribution in [0, 0.1) is 0 Å². The van der Waals surface area contributed by atoms with Crippen LogP contribution in [0.1, 0.15) is 6.92 Å². The van der Waals surface area contributed by atoms with Crippen molar-refractivity contribution in [3.63, 3.8) is 0 Å². The third-order valence-electron chi connectivity index (χ3n) is 2.31. The summed E-state index contributed by atoms with van der Waals surface area (Å²) in [6, 6.07) is -0.436. The summed E-state index contributed by atoms with van der Waals surface area (Å²) in [6.07, 6.45) is 1.33. The fraction of sp³-hybridized carbons (Fsp3) is 0.500. The molecule has 0 saturated carbocycles. The molecule has 1 atom stereocenters. The van der Waals surface area contributed by atoms with Crippen molar-refractivity contribution >= 4 is 17.5 Å². The van der Waals surface area contributed by atoms with Gasteiger partial charge in [-0.15, -0.1) is 0 Å². The molecule has 8 heteroatoms. The van der Waals surface area contributed by atoms with Gasteiger partial charge in [-0.1, -0.05) is 0 Å². The number of carbonyl (C=O) groups excluding carboxylic acids is 1. The number of hydrazine groups is 1. The number of nitrogens with zero attached hydrogens (tertiary/aromatic N) is 3. The Kier molecular flexibility index (Phi) is 4.67. The Morgan fingerprint density at radius 3 is 2.56 bits per heavy atom. The van der Waals surface area contributed by atoms with Crippen molar-refractivity contribution in [2.45, 2.75) is 13.0 Å². The third kappa shape index (κ3) is 2.98. The van der Waals surface area contributed by atoms with Crippen molar-refractivity contribution in [1.29, 1.82) is 0 Å². The lowest BCUT2D eigenvalue weighted by Crippen LogP contribution is -2.37. The average Bonchev–Trinajstić information content (AvgIpc) is 2.37. The van der Waals surface area contributed by atoms with E-state index in [9.17, 15) is 4.79 Å². The smallest absolute Gasteiger partial charge is 0.244 e. The minimum atomic E-state index is -0.436. The highest BCUT2D eigenvalue weighted by molar-refractivity contribution is 5.84. The van der Waals surface area contributed by atoms with Gasteiger partial charge in [0.2, 0.25) is 11.7 Å². The van der Waals surface area contributed by atoms with Gasteiger partial charge in [0.15, 0.2) is 11.6 Å². The third-order valence-corrected chi connectivity index (χ3v) is 2.31. The second-order valence-corrected chi connectivity index (χ2v) is 3.85. The van der Waals surface area contributed by atoms with Crippen LogP contribution in [0.25, 0.3) is 0 Å². The molecule has 8 nitrogen and oxygen atoms in total. The molecule has 1 heterocycles. The van der Waals surface area contributed by atoms with Gasteiger partial charge in [-0.2, -0.15) is 0 Å². The Labute approximate surface area is 106 Å². The summed E-state index contributed by atoms with van der Waals surface area (Å²) >= 11 is 0. The van der Waals surface area contributed by atoms with Gasteiger partial charge in [0.25, 0.3) is 0 Å². The first-order chi connectivity index (χ1) is 8.51. The molecule has 1 rings (SSSR count). The average molecular weight is 254 g/mol. The first kappa shape index (κ1) is 14.0. The number of aromatic nitrogens is 2. The number of rotatable bonds is 5. The van der Waals surface area contributed by atoms with Crippen LogP contribution in [-0.4, -0.2) is 48.0 Å². The molecule has 1 aromatic heterocycles. The topological polar surface area (TPSA) is 105 Å². The van der Waals surface area contributed by atoms with E-state index in [0.717, 1.165) is 0 Å². The van der Waals surface area contributed by atoms with Crippen molar-refractivity contribution < 1.29 is 9.53 Å². The zero-order valence-electron chi connectivity index (χ0n) is 10.9. The number of carbonyl (C=O) groups is 1. The number of methoxy groups -OCH3 is 1. The van der Waals surface area contributed by atoms with Crippen molar-refractivity contribution in [2.75, 3.05) is 31.9 Å². The highest BCUT2D eigenvalue weighted by Crippen LogP contribution is 2.28. The van der Waals surface area contributed by atoms with Gasteiger partial charge >= 0.3 is 0 Å². The van der Waals surface area contributed by atoms with E-state index >= 15 is 0 Å². The fourth-order valence-corrected chi connectivity index (χ4v) is 1.43. The monoisotopic (exact) mass is 254 g/mol. The molecule has 1 aromatic rings. The van der Waals surface area contributed by atoms with E-state index in [1.165, 1.54) is 18.3 Å². The zero-order valence-corrected chi connectivity index (χ0v) is 10.9. The Balaban J connectivity index is 2.94. The maximum atomic E-state index is 11.7. The van der Waals surface area contributed by atoms with Crippen molar-refractivity contribution in [3.8, 4) is 5.75 Å². The van der Waals surface area contributed by atoms with E-state index < -0.39 is 6.04 Å². The fourth-order valence-electron chi connectivity index (χ4n) is 1.43. The molecular formula is C10H18N6O2. The van der Waals surface area contributed by atoms with Gasteiger partial charge in [-0.25, -0.2) is 15.8 Å². The molecule has 0 aliphatic rings. The molecule has 0 fully saturated rings. The minimum absolute atomic E-state index is 0.0714. The normalized spacial score (nSPS) is 11.6. The molecule has 0 aromatic carbocycles. The highest BCUT2D eigenvalue weighted by Gasteiger charge is 2.18. The van der Waals surface area contributed by atoms with Gasteiger partial charge in [0, 0.05) is 14.1 Å². The Morgan fingerprint density at radius 1 is 1.44 bits per heavy atom. The van der Waals surface area contributed by atoms with Crippen molar-refractivity contribution in [2.24, 2.45) is 5.84 Å². The van der Waals surface area contributed by atoms with Gasteiger partial charge in [0.1, 0.15) is 12.4 Å². The van der Waals surface area contributed by atoms with E-state index in [2.05, 4.69) is 20.7 Å². The number of likely N-dealkylation sites (N-methyl/N-ethyl adjacent to an activating group) is 1. The van der Waals surface area contributed by atoms with Crippen molar-refractivity contribution in [1.82, 2.24) is 14.9 Å². The summed E-state index contributed by atoms with van der Waals surface area (Å²) in [6.45, 7) is 1.74. The zero-order chi connectivity index (χ0) is 13.7. The molecule has 0 spiro atoms. The number of ether oxygens (including phenoxy) is 1. The molecule has 0 aliphatic carbocycles. The van der Waals surface area contributed by atoms with E-state index in [-0.39, 0.29) is 5.91 Å². The van der Waals surface area contributed by atoms with E-state index in [4.69, 9.17) is 10.6 Å². The summed E-state index contributed by atoms with van der Waals surface area (Å²) in [5.41, 5.74) is 2.40. The lowest BCUT2D eigenvalue weighted by Gasteiger charge is -2.20. The van der Waals surface area contributed by atoms with Crippen LogP contribution in [0.5, 0.6) is 5.75 Å². The molecule has 0 bridgehead atoms. The Morgan fingerprint density at radius 2 is 2.06 bits per heavy atom. The predicted octanol–water partition coefficient (Wildman–Crippen LogP) is -0.341. The van der Waals surface area contributed by atoms with Gasteiger partial charge in [-0.3, -0.25) is 4.79 Å². The van der Waals surface area contributed by atoms with Crippen LogP contribution in [0.3, 0.4) is 0 Å². The molecule has 0 radical (unpaired) electrons. The number of amides is 1. The van der Waals surface area contributed by atoms with Crippen LogP contribution in [0.4, 0.5) is 11.6 Å². The maximum Gasteiger partial charge on any atom is 0.244 e. The van der Waals surface area contributed by atoms with Gasteiger partial charge in [-0.05, 0) is 6.92 Å². The van der Waals surface area contributed by atoms with Gasteiger partial charge in [0.05, 0.1) is 7.11 Å². The van der Waals surface area contributed by atoms with Crippen LogP contribution in [0.15, 0.2) is 6.33 Å². The number of nitrogens with one attached hydrogen (secondary N) is 2. The largest absolute Gasteiger partial charge is 0.490 e. The van der Waals surface area contributed by atoms with Crippen LogP contribution < -0.4 is 21.3 Å². The number of hydrogen-bond acceptors (Lipinski definition) is 7. The summed E-state index contributed by atoms with van der Waals surface area (Å²) < 4.78 is 5.15. The number of nitrogen functional groups attached to an aromatic ring is 1. The summed E-state index contributed by atoms with van der Waals surface area (Å²) in [7, 11) is 4.85. The highest BCUT2D eigenvalue weighted by atomic mass is 16.5. The standard InChI is InChI=1S/C10H18N6O2/c1-6(10(17)16(2)3)14-8-7(18-4)9(15-11)13-5-12-8/h5-6H,11H2,1-4H3,(H2,12,13,14,15). The molecule has 18 heavy (non-hydrogen) atoms. The number of anilines is 2. The maximum absolute atomic E-state index is 11.7.